The second kappa shape index (κ2) is 7.84. The summed E-state index contributed by atoms with van der Waals surface area (Å²) in [6.07, 6.45) is 1.54. The van der Waals surface area contributed by atoms with Crippen LogP contribution in [0.2, 0.25) is 0 Å². The van der Waals surface area contributed by atoms with Crippen LogP contribution in [0, 0.1) is 12.7 Å². The molecular weight excluding hydrogens is 361 g/mol. The number of carbonyl (C=O) groups excluding carboxylic acids is 2. The number of carbonyl (C=O) groups is 2. The van der Waals surface area contributed by atoms with E-state index in [-0.39, 0.29) is 22.6 Å². The molecule has 1 aliphatic heterocycles. The lowest BCUT2D eigenvalue weighted by Gasteiger charge is -2.25. The van der Waals surface area contributed by atoms with Crippen molar-refractivity contribution in [2.75, 3.05) is 6.54 Å². The van der Waals surface area contributed by atoms with Gasteiger partial charge in [0.2, 0.25) is 0 Å². The smallest absolute Gasteiger partial charge is 0.295 e. The van der Waals surface area contributed by atoms with Gasteiger partial charge < -0.3 is 15.1 Å². The van der Waals surface area contributed by atoms with Crippen LogP contribution in [0.3, 0.4) is 0 Å². The number of benzene rings is 2. The summed E-state index contributed by atoms with van der Waals surface area (Å²) in [6, 6.07) is 9.45. The Bertz CT molecular complexity index is 950. The Balaban J connectivity index is 2.17. The zero-order chi connectivity index (χ0) is 20.4. The van der Waals surface area contributed by atoms with Gasteiger partial charge >= 0.3 is 0 Å². The Kier molecular flexibility index (Phi) is 5.49. The van der Waals surface area contributed by atoms with Crippen LogP contribution in [0.25, 0.3) is 5.76 Å². The normalized spacial score (nSPS) is 18.7. The van der Waals surface area contributed by atoms with Gasteiger partial charge in [-0.1, -0.05) is 25.5 Å². The molecule has 3 rings (SSSR count). The van der Waals surface area contributed by atoms with Crippen LogP contribution in [0.5, 0.6) is 5.75 Å². The Morgan fingerprint density at radius 1 is 1.14 bits per heavy atom. The van der Waals surface area contributed by atoms with Crippen molar-refractivity contribution in [1.82, 2.24) is 4.90 Å². The maximum absolute atomic E-state index is 13.6. The van der Waals surface area contributed by atoms with Gasteiger partial charge in [0.1, 0.15) is 17.3 Å². The van der Waals surface area contributed by atoms with E-state index in [4.69, 9.17) is 0 Å². The number of likely N-dealkylation sites (tertiary alicyclic amines) is 1. The molecule has 1 aliphatic rings. The van der Waals surface area contributed by atoms with Gasteiger partial charge in [-0.15, -0.1) is 0 Å². The molecule has 0 radical (unpaired) electrons. The third kappa shape index (κ3) is 3.50. The fourth-order valence-corrected chi connectivity index (χ4v) is 3.39. The molecule has 1 unspecified atom stereocenters. The molecule has 1 amide bonds. The highest BCUT2D eigenvalue weighted by atomic mass is 19.1. The molecule has 0 aromatic heterocycles. The molecule has 0 saturated carbocycles. The summed E-state index contributed by atoms with van der Waals surface area (Å²) >= 11 is 0. The summed E-state index contributed by atoms with van der Waals surface area (Å²) in [5.41, 5.74) is 1.17. The second-order valence-electron chi connectivity index (χ2n) is 6.90. The Labute approximate surface area is 162 Å². The lowest BCUT2D eigenvalue weighted by molar-refractivity contribution is -0.139. The first-order chi connectivity index (χ1) is 13.3. The van der Waals surface area contributed by atoms with E-state index < -0.39 is 23.5 Å². The van der Waals surface area contributed by atoms with Crippen molar-refractivity contribution in [3.8, 4) is 5.75 Å². The molecule has 5 nitrogen and oxygen atoms in total. The molecule has 1 atom stereocenters. The fraction of sp³-hybridized carbons (Fsp3) is 0.273. The predicted octanol–water partition coefficient (Wildman–Crippen LogP) is 4.06. The third-order valence-electron chi connectivity index (χ3n) is 4.93. The second-order valence-corrected chi connectivity index (χ2v) is 6.90. The average molecular weight is 383 g/mol. The highest BCUT2D eigenvalue weighted by Crippen LogP contribution is 2.40. The Hall–Kier alpha value is -3.15. The highest BCUT2D eigenvalue weighted by molar-refractivity contribution is 6.46. The van der Waals surface area contributed by atoms with Gasteiger partial charge in [0.25, 0.3) is 11.7 Å². The molecule has 146 valence electrons. The summed E-state index contributed by atoms with van der Waals surface area (Å²) in [5.74, 6) is -2.14. The highest BCUT2D eigenvalue weighted by Gasteiger charge is 2.45. The van der Waals surface area contributed by atoms with Crippen LogP contribution in [0.1, 0.15) is 42.5 Å². The van der Waals surface area contributed by atoms with Gasteiger partial charge in [-0.3, -0.25) is 9.59 Å². The zero-order valence-corrected chi connectivity index (χ0v) is 15.8. The molecule has 0 bridgehead atoms. The Morgan fingerprint density at radius 3 is 2.43 bits per heavy atom. The van der Waals surface area contributed by atoms with Crippen LogP contribution in [0.4, 0.5) is 4.39 Å². The van der Waals surface area contributed by atoms with Gasteiger partial charge in [-0.2, -0.15) is 0 Å². The lowest BCUT2D eigenvalue weighted by Crippen LogP contribution is -2.30. The van der Waals surface area contributed by atoms with E-state index in [1.807, 2.05) is 6.92 Å². The number of Topliss-reactive ketones (excluding diaryl/α,β-unsaturated/α-hetero) is 1. The number of aliphatic hydroxyl groups is 1. The summed E-state index contributed by atoms with van der Waals surface area (Å²) in [5, 5.41) is 20.4. The van der Waals surface area contributed by atoms with Crippen molar-refractivity contribution in [2.24, 2.45) is 0 Å². The number of phenolic OH excluding ortho intramolecular Hbond substituents is 1. The van der Waals surface area contributed by atoms with Crippen LogP contribution in [-0.2, 0) is 9.59 Å². The number of aromatic hydroxyl groups is 1. The number of halogens is 1. The number of rotatable bonds is 5. The number of hydrogen-bond acceptors (Lipinski definition) is 4. The number of aliphatic hydroxyl groups excluding tert-OH is 1. The minimum atomic E-state index is -0.770. The van der Waals surface area contributed by atoms with E-state index in [9.17, 15) is 24.2 Å². The molecule has 28 heavy (non-hydrogen) atoms. The van der Waals surface area contributed by atoms with Crippen molar-refractivity contribution in [3.63, 3.8) is 0 Å². The zero-order valence-electron chi connectivity index (χ0n) is 15.8. The monoisotopic (exact) mass is 383 g/mol. The van der Waals surface area contributed by atoms with E-state index in [1.165, 1.54) is 35.2 Å². The van der Waals surface area contributed by atoms with Crippen LogP contribution < -0.4 is 0 Å². The molecule has 2 aromatic rings. The first-order valence-corrected chi connectivity index (χ1v) is 9.19. The summed E-state index contributed by atoms with van der Waals surface area (Å²) in [4.78, 5) is 26.9. The molecule has 2 N–H and O–H groups in total. The Morgan fingerprint density at radius 2 is 1.82 bits per heavy atom. The SMILES string of the molecule is CCCCN1C(=O)C(=O)/C(=C(\O)c2ccc(F)c(C)c2)C1c1ccc(O)cc1. The molecule has 2 aromatic carbocycles. The van der Waals surface area contributed by atoms with Gasteiger partial charge in [-0.05, 0) is 54.8 Å². The van der Waals surface area contributed by atoms with Crippen LogP contribution >= 0.6 is 0 Å². The maximum atomic E-state index is 13.6. The van der Waals surface area contributed by atoms with Crippen molar-refractivity contribution in [1.29, 1.82) is 0 Å². The lowest BCUT2D eigenvalue weighted by atomic mass is 9.94. The molecule has 0 spiro atoms. The minimum Gasteiger partial charge on any atom is -0.508 e. The van der Waals surface area contributed by atoms with Gasteiger partial charge in [0, 0.05) is 12.1 Å². The number of nitrogens with zero attached hydrogens (tertiary/aromatic N) is 1. The van der Waals surface area contributed by atoms with Crippen molar-refractivity contribution in [3.05, 3.63) is 70.5 Å². The average Bonchev–Trinajstić information content (AvgIpc) is 2.93. The van der Waals surface area contributed by atoms with Gasteiger partial charge in [0.05, 0.1) is 11.6 Å². The van der Waals surface area contributed by atoms with E-state index in [1.54, 1.807) is 19.1 Å². The van der Waals surface area contributed by atoms with E-state index in [2.05, 4.69) is 0 Å². The van der Waals surface area contributed by atoms with Crippen LogP contribution in [-0.4, -0.2) is 33.3 Å². The number of amides is 1. The van der Waals surface area contributed by atoms with Gasteiger partial charge in [0.15, 0.2) is 0 Å². The van der Waals surface area contributed by atoms with Gasteiger partial charge in [-0.25, -0.2) is 4.39 Å². The molecule has 0 aliphatic carbocycles. The first kappa shape index (κ1) is 19.6. The number of phenols is 1. The number of hydrogen-bond donors (Lipinski definition) is 2. The molecule has 1 saturated heterocycles. The van der Waals surface area contributed by atoms with Crippen LogP contribution in [0.15, 0.2) is 48.0 Å². The topological polar surface area (TPSA) is 77.8 Å². The van der Waals surface area contributed by atoms with E-state index >= 15 is 0 Å². The third-order valence-corrected chi connectivity index (χ3v) is 4.93. The standard InChI is InChI=1S/C22H22FNO4/c1-3-4-11-24-19(14-5-8-16(25)9-6-14)18(21(27)22(24)28)20(26)15-7-10-17(23)13(2)12-15/h5-10,12,19,25-26H,3-4,11H2,1-2H3/b20-18-. The van der Waals surface area contributed by atoms with Crippen molar-refractivity contribution in [2.45, 2.75) is 32.7 Å². The maximum Gasteiger partial charge on any atom is 0.295 e. The predicted molar refractivity (Wildman–Crippen MR) is 103 cm³/mol. The summed E-state index contributed by atoms with van der Waals surface area (Å²) in [7, 11) is 0. The fourth-order valence-electron chi connectivity index (χ4n) is 3.39. The number of aryl methyl sites for hydroxylation is 1. The number of ketones is 1. The summed E-state index contributed by atoms with van der Waals surface area (Å²) < 4.78 is 13.6. The summed E-state index contributed by atoms with van der Waals surface area (Å²) in [6.45, 7) is 3.91. The quantitative estimate of drug-likeness (QED) is 0.464. The number of unbranched alkanes of at least 4 members (excludes halogenated alkanes) is 1. The molecular formula is C22H22FNO4. The largest absolute Gasteiger partial charge is 0.508 e. The minimum absolute atomic E-state index is 0.0298. The molecule has 1 heterocycles. The first-order valence-electron chi connectivity index (χ1n) is 9.19. The van der Waals surface area contributed by atoms with Crippen molar-refractivity contribution < 1.29 is 24.2 Å². The molecule has 6 heteroatoms. The van der Waals surface area contributed by atoms with E-state index in [0.29, 0.717) is 24.1 Å². The van der Waals surface area contributed by atoms with Crippen molar-refractivity contribution >= 4 is 17.4 Å². The van der Waals surface area contributed by atoms with E-state index in [0.717, 1.165) is 6.42 Å². The molecule has 1 fully saturated rings.